The second-order valence-electron chi connectivity index (χ2n) is 14.0. The van der Waals surface area contributed by atoms with E-state index in [-0.39, 0.29) is 0 Å². The summed E-state index contributed by atoms with van der Waals surface area (Å²) in [5.41, 5.74) is 9.38. The van der Waals surface area contributed by atoms with Crippen LogP contribution in [0.3, 0.4) is 0 Å². The number of hydrogen-bond donors (Lipinski definition) is 1. The summed E-state index contributed by atoms with van der Waals surface area (Å²) < 4.78 is 4.68. The number of thiazole rings is 2. The van der Waals surface area contributed by atoms with Crippen molar-refractivity contribution in [2.75, 3.05) is 0 Å². The van der Waals surface area contributed by atoms with Crippen molar-refractivity contribution in [1.29, 1.82) is 0 Å². The predicted molar refractivity (Wildman–Crippen MR) is 241 cm³/mol. The minimum absolute atomic E-state index is 0.566. The van der Waals surface area contributed by atoms with Crippen molar-refractivity contribution in [2.45, 2.75) is 0 Å². The molecule has 272 valence electrons. The third-order valence-electron chi connectivity index (χ3n) is 10.3. The first-order valence-corrected chi connectivity index (χ1v) is 21.2. The molecule has 12 rings (SSSR count). The molecule has 0 spiro atoms. The van der Waals surface area contributed by atoms with Crippen LogP contribution in [0.2, 0.25) is 0 Å². The van der Waals surface area contributed by atoms with E-state index >= 15 is 0 Å². The summed E-state index contributed by atoms with van der Waals surface area (Å²) in [5, 5.41) is 4.17. The Balaban J connectivity index is 1.09. The molecule has 58 heavy (non-hydrogen) atoms. The molecule has 0 unspecified atom stereocenters. The van der Waals surface area contributed by atoms with Gasteiger partial charge in [-0.2, -0.15) is 0 Å². The zero-order valence-electron chi connectivity index (χ0n) is 30.4. The summed E-state index contributed by atoms with van der Waals surface area (Å²) in [7, 11) is 0. The Kier molecular flexibility index (Phi) is 7.62. The molecule has 7 nitrogen and oxygen atoms in total. The fourth-order valence-corrected chi connectivity index (χ4v) is 10.6. The fraction of sp³-hybridized carbons (Fsp3) is 0. The standard InChI is InChI=1S/C48H27N7S3/c1-2-11-27(12-3-1)43-49-34-22-21-28(26-37(34)50-43)44-53-45(55-46(54-44)33-14-10-20-41-42(33)32-13-4-7-17-38(32)56-41)29-23-30(47-51-35-15-5-8-18-39(35)57-47)25-31(24-29)48-52-36-16-6-9-19-40(36)58-48/h1-26H,(H,49,50). The molecule has 12 aromatic rings. The Bertz CT molecular complexity index is 3390. The molecule has 0 saturated heterocycles. The number of benzene rings is 7. The Morgan fingerprint density at radius 2 is 0.966 bits per heavy atom. The van der Waals surface area contributed by atoms with E-state index in [1.807, 2.05) is 42.5 Å². The van der Waals surface area contributed by atoms with Gasteiger partial charge in [0.25, 0.3) is 0 Å². The van der Waals surface area contributed by atoms with E-state index in [9.17, 15) is 0 Å². The van der Waals surface area contributed by atoms with Crippen LogP contribution in [-0.2, 0) is 0 Å². The number of fused-ring (bicyclic) bond motifs is 6. The lowest BCUT2D eigenvalue weighted by molar-refractivity contribution is 1.08. The minimum atomic E-state index is 0.566. The van der Waals surface area contributed by atoms with E-state index in [0.29, 0.717) is 17.5 Å². The number of rotatable bonds is 6. The first-order valence-electron chi connectivity index (χ1n) is 18.8. The molecule has 0 atom stereocenters. The van der Waals surface area contributed by atoms with Crippen molar-refractivity contribution >= 4 is 85.6 Å². The zero-order valence-corrected chi connectivity index (χ0v) is 32.9. The molecular formula is C48H27N7S3. The van der Waals surface area contributed by atoms with Gasteiger partial charge in [-0.3, -0.25) is 0 Å². The van der Waals surface area contributed by atoms with Gasteiger partial charge in [0.1, 0.15) is 15.8 Å². The molecular weight excluding hydrogens is 771 g/mol. The van der Waals surface area contributed by atoms with Crippen LogP contribution in [0, 0.1) is 0 Å². The topological polar surface area (TPSA) is 93.1 Å². The SMILES string of the molecule is c1ccc(-c2nc3ccc(-c4nc(-c5cc(-c6nc7ccccc7s6)cc(-c6nc7ccccc7s6)c5)nc(-c5cccc6sc7ccccc7c56)n4)cc3[nH]2)cc1. The van der Waals surface area contributed by atoms with Crippen molar-refractivity contribution in [3.05, 3.63) is 158 Å². The molecule has 1 N–H and O–H groups in total. The third-order valence-corrected chi connectivity index (χ3v) is 13.6. The maximum Gasteiger partial charge on any atom is 0.164 e. The van der Waals surface area contributed by atoms with Gasteiger partial charge in [-0.05, 0) is 72.8 Å². The minimum Gasteiger partial charge on any atom is -0.338 e. The summed E-state index contributed by atoms with van der Waals surface area (Å²) >= 11 is 5.14. The number of imidazole rings is 1. The number of H-pyrrole nitrogens is 1. The fourth-order valence-electron chi connectivity index (χ4n) is 7.59. The predicted octanol–water partition coefficient (Wildman–Crippen LogP) is 13.3. The summed E-state index contributed by atoms with van der Waals surface area (Å²) in [5.74, 6) is 2.56. The molecule has 0 radical (unpaired) electrons. The summed E-state index contributed by atoms with van der Waals surface area (Å²) in [6.45, 7) is 0. The monoisotopic (exact) mass is 797 g/mol. The van der Waals surface area contributed by atoms with E-state index in [2.05, 4.69) is 120 Å². The van der Waals surface area contributed by atoms with E-state index in [1.54, 1.807) is 34.0 Å². The lowest BCUT2D eigenvalue weighted by Crippen LogP contribution is -2.01. The van der Waals surface area contributed by atoms with E-state index in [4.69, 9.17) is 29.9 Å². The smallest absolute Gasteiger partial charge is 0.164 e. The highest BCUT2D eigenvalue weighted by molar-refractivity contribution is 7.26. The summed E-state index contributed by atoms with van der Waals surface area (Å²) in [6, 6.07) is 54.3. The van der Waals surface area contributed by atoms with Crippen LogP contribution in [0.15, 0.2) is 158 Å². The number of nitrogens with zero attached hydrogens (tertiary/aromatic N) is 6. The maximum absolute atomic E-state index is 5.33. The highest BCUT2D eigenvalue weighted by atomic mass is 32.1. The lowest BCUT2D eigenvalue weighted by atomic mass is 10.0. The molecule has 0 amide bonds. The Morgan fingerprint density at radius 3 is 1.69 bits per heavy atom. The Hall–Kier alpha value is -6.98. The molecule has 0 aliphatic heterocycles. The number of thiophene rings is 1. The van der Waals surface area contributed by atoms with Gasteiger partial charge < -0.3 is 4.98 Å². The van der Waals surface area contributed by atoms with Crippen molar-refractivity contribution in [1.82, 2.24) is 34.9 Å². The van der Waals surface area contributed by atoms with E-state index in [0.717, 1.165) is 86.1 Å². The highest BCUT2D eigenvalue weighted by Gasteiger charge is 2.20. The van der Waals surface area contributed by atoms with Crippen LogP contribution in [0.25, 0.3) is 118 Å². The number of para-hydroxylation sites is 2. The number of hydrogen-bond acceptors (Lipinski definition) is 9. The number of aromatic nitrogens is 7. The van der Waals surface area contributed by atoms with Crippen molar-refractivity contribution in [2.24, 2.45) is 0 Å². The van der Waals surface area contributed by atoms with Gasteiger partial charge in [0, 0.05) is 53.6 Å². The Labute approximate surface area is 343 Å². The maximum atomic E-state index is 5.33. The quantitative estimate of drug-likeness (QED) is 0.180. The van der Waals surface area contributed by atoms with Crippen LogP contribution < -0.4 is 0 Å². The van der Waals surface area contributed by atoms with Crippen molar-refractivity contribution in [3.63, 3.8) is 0 Å². The second kappa shape index (κ2) is 13.3. The number of aromatic amines is 1. The van der Waals surface area contributed by atoms with Gasteiger partial charge in [0.15, 0.2) is 17.5 Å². The van der Waals surface area contributed by atoms with Gasteiger partial charge in [-0.25, -0.2) is 29.9 Å². The van der Waals surface area contributed by atoms with Crippen LogP contribution >= 0.6 is 34.0 Å². The molecule has 5 heterocycles. The van der Waals surface area contributed by atoms with Gasteiger partial charge in [0.2, 0.25) is 0 Å². The highest BCUT2D eigenvalue weighted by Crippen LogP contribution is 2.41. The largest absolute Gasteiger partial charge is 0.338 e. The number of nitrogens with one attached hydrogen (secondary N) is 1. The summed E-state index contributed by atoms with van der Waals surface area (Å²) in [6.07, 6.45) is 0. The molecule has 5 aromatic heterocycles. The molecule has 10 heteroatoms. The van der Waals surface area contributed by atoms with Crippen LogP contribution in [0.1, 0.15) is 0 Å². The van der Waals surface area contributed by atoms with Crippen molar-refractivity contribution < 1.29 is 0 Å². The van der Waals surface area contributed by atoms with Crippen molar-refractivity contribution in [3.8, 4) is 66.7 Å². The molecule has 0 fully saturated rings. The van der Waals surface area contributed by atoms with Gasteiger partial charge in [-0.15, -0.1) is 34.0 Å². The third kappa shape index (κ3) is 5.68. The first kappa shape index (κ1) is 33.2. The Morgan fingerprint density at radius 1 is 0.362 bits per heavy atom. The summed E-state index contributed by atoms with van der Waals surface area (Å²) in [4.78, 5) is 34.4. The zero-order chi connectivity index (χ0) is 38.2. The molecule has 0 aliphatic carbocycles. The normalized spacial score (nSPS) is 11.8. The first-order chi connectivity index (χ1) is 28.7. The van der Waals surface area contributed by atoms with E-state index < -0.39 is 0 Å². The molecule has 0 saturated carbocycles. The molecule has 7 aromatic carbocycles. The molecule has 0 bridgehead atoms. The van der Waals surface area contributed by atoms with E-state index in [1.165, 1.54) is 14.8 Å². The van der Waals surface area contributed by atoms with Crippen LogP contribution in [0.5, 0.6) is 0 Å². The average molecular weight is 798 g/mol. The molecule has 0 aliphatic rings. The van der Waals surface area contributed by atoms with Gasteiger partial charge >= 0.3 is 0 Å². The van der Waals surface area contributed by atoms with Crippen LogP contribution in [-0.4, -0.2) is 34.9 Å². The average Bonchev–Trinajstić information content (AvgIpc) is 4.09. The van der Waals surface area contributed by atoms with Gasteiger partial charge in [0.05, 0.1) is 31.5 Å². The van der Waals surface area contributed by atoms with Gasteiger partial charge in [-0.1, -0.05) is 84.9 Å². The van der Waals surface area contributed by atoms with Crippen LogP contribution in [0.4, 0.5) is 0 Å². The lowest BCUT2D eigenvalue weighted by Gasteiger charge is -2.11. The second-order valence-corrected chi connectivity index (χ2v) is 17.2.